The maximum atomic E-state index is 12.9. The molecule has 15 heavy (non-hydrogen) atoms. The van der Waals surface area contributed by atoms with Gasteiger partial charge in [0.2, 0.25) is 0 Å². The number of rotatable bonds is 2. The first kappa shape index (κ1) is 12.1. The zero-order valence-corrected chi connectivity index (χ0v) is 9.77. The van der Waals surface area contributed by atoms with Crippen molar-refractivity contribution < 1.29 is 18.3 Å². The highest BCUT2D eigenvalue weighted by atomic mass is 79.9. The molecule has 1 rings (SSSR count). The Bertz CT molecular complexity index is 391. The number of methoxy groups -OCH3 is 1. The molecule has 0 aliphatic heterocycles. The van der Waals surface area contributed by atoms with E-state index < -0.39 is 17.6 Å². The highest BCUT2D eigenvalue weighted by Gasteiger charge is 2.18. The van der Waals surface area contributed by atoms with E-state index in [1.54, 1.807) is 6.92 Å². The predicted molar refractivity (Wildman–Crippen MR) is 55.0 cm³/mol. The molecular formula is C10H9BrF2O2. The van der Waals surface area contributed by atoms with Crippen molar-refractivity contribution >= 4 is 21.9 Å². The van der Waals surface area contributed by atoms with E-state index in [4.69, 9.17) is 0 Å². The van der Waals surface area contributed by atoms with Crippen LogP contribution in [0, 0.1) is 11.6 Å². The fourth-order valence-corrected chi connectivity index (χ4v) is 1.56. The van der Waals surface area contributed by atoms with Crippen molar-refractivity contribution in [2.24, 2.45) is 0 Å². The van der Waals surface area contributed by atoms with Crippen LogP contribution in [0.5, 0.6) is 0 Å². The summed E-state index contributed by atoms with van der Waals surface area (Å²) in [5.74, 6) is -2.73. The average molecular weight is 279 g/mol. The highest BCUT2D eigenvalue weighted by molar-refractivity contribution is 9.09. The number of benzene rings is 1. The monoisotopic (exact) mass is 278 g/mol. The molecule has 0 saturated carbocycles. The third-order valence-corrected chi connectivity index (χ3v) is 2.42. The summed E-state index contributed by atoms with van der Waals surface area (Å²) in [7, 11) is 1.19. The molecule has 0 aliphatic carbocycles. The molecule has 0 amide bonds. The average Bonchev–Trinajstić information content (AvgIpc) is 2.20. The van der Waals surface area contributed by atoms with E-state index in [1.807, 2.05) is 0 Å². The topological polar surface area (TPSA) is 26.3 Å². The van der Waals surface area contributed by atoms with Gasteiger partial charge in [-0.2, -0.15) is 0 Å². The summed E-state index contributed by atoms with van der Waals surface area (Å²) in [6, 6.07) is 1.83. The Morgan fingerprint density at radius 1 is 1.40 bits per heavy atom. The number of hydrogen-bond acceptors (Lipinski definition) is 2. The zero-order chi connectivity index (χ0) is 11.6. The Kier molecular flexibility index (Phi) is 3.79. The van der Waals surface area contributed by atoms with E-state index in [0.29, 0.717) is 5.56 Å². The molecule has 82 valence electrons. The van der Waals surface area contributed by atoms with Crippen LogP contribution in [0.25, 0.3) is 0 Å². The molecule has 1 unspecified atom stereocenters. The predicted octanol–water partition coefficient (Wildman–Crippen LogP) is 3.21. The summed E-state index contributed by atoms with van der Waals surface area (Å²) in [6.45, 7) is 1.71. The maximum absolute atomic E-state index is 12.9. The van der Waals surface area contributed by atoms with Crippen molar-refractivity contribution in [3.05, 3.63) is 34.9 Å². The molecule has 1 aromatic rings. The molecule has 0 aliphatic rings. The highest BCUT2D eigenvalue weighted by Crippen LogP contribution is 2.27. The molecule has 1 atom stereocenters. The van der Waals surface area contributed by atoms with Crippen LogP contribution >= 0.6 is 15.9 Å². The minimum Gasteiger partial charge on any atom is -0.465 e. The lowest BCUT2D eigenvalue weighted by atomic mass is 10.0. The number of ether oxygens (including phenoxy) is 1. The minimum absolute atomic E-state index is 0.0285. The third kappa shape index (κ3) is 2.53. The molecule has 0 fully saturated rings. The van der Waals surface area contributed by atoms with Crippen LogP contribution < -0.4 is 0 Å². The molecule has 0 radical (unpaired) electrons. The van der Waals surface area contributed by atoms with Crippen LogP contribution in [0.4, 0.5) is 8.78 Å². The molecule has 0 aromatic heterocycles. The van der Waals surface area contributed by atoms with Gasteiger partial charge >= 0.3 is 5.97 Å². The van der Waals surface area contributed by atoms with Crippen molar-refractivity contribution in [3.8, 4) is 0 Å². The van der Waals surface area contributed by atoms with Gasteiger partial charge in [0.15, 0.2) is 11.6 Å². The van der Waals surface area contributed by atoms with Crippen LogP contribution in [0.3, 0.4) is 0 Å². The van der Waals surface area contributed by atoms with Crippen LogP contribution in [0.1, 0.15) is 27.7 Å². The summed E-state index contributed by atoms with van der Waals surface area (Å²) in [5.41, 5.74) is 0.390. The van der Waals surface area contributed by atoms with Crippen molar-refractivity contribution in [2.45, 2.75) is 11.8 Å². The molecule has 2 nitrogen and oxygen atoms in total. The molecule has 0 heterocycles. The van der Waals surface area contributed by atoms with Gasteiger partial charge in [0.1, 0.15) is 0 Å². The zero-order valence-electron chi connectivity index (χ0n) is 8.18. The number of carbonyl (C=O) groups is 1. The van der Waals surface area contributed by atoms with Gasteiger partial charge in [-0.3, -0.25) is 0 Å². The number of esters is 1. The van der Waals surface area contributed by atoms with E-state index >= 15 is 0 Å². The van der Waals surface area contributed by atoms with Crippen molar-refractivity contribution in [1.82, 2.24) is 0 Å². The van der Waals surface area contributed by atoms with Gasteiger partial charge in [-0.1, -0.05) is 15.9 Å². The maximum Gasteiger partial charge on any atom is 0.338 e. The molecule has 1 aromatic carbocycles. The first-order valence-corrected chi connectivity index (χ1v) is 5.10. The van der Waals surface area contributed by atoms with Crippen molar-refractivity contribution in [1.29, 1.82) is 0 Å². The molecule has 0 N–H and O–H groups in total. The molecule has 0 spiro atoms. The minimum atomic E-state index is -1.06. The molecule has 0 bridgehead atoms. The van der Waals surface area contributed by atoms with Crippen LogP contribution in [0.15, 0.2) is 12.1 Å². The Morgan fingerprint density at radius 2 is 1.93 bits per heavy atom. The molecule has 0 saturated heterocycles. The second kappa shape index (κ2) is 4.70. The van der Waals surface area contributed by atoms with Crippen molar-refractivity contribution in [3.63, 3.8) is 0 Å². The Morgan fingerprint density at radius 3 is 2.40 bits per heavy atom. The van der Waals surface area contributed by atoms with Crippen molar-refractivity contribution in [2.75, 3.05) is 7.11 Å². The Hall–Kier alpha value is -0.970. The van der Waals surface area contributed by atoms with Gasteiger partial charge in [-0.05, 0) is 24.6 Å². The molecular weight excluding hydrogens is 270 g/mol. The van der Waals surface area contributed by atoms with E-state index in [1.165, 1.54) is 7.11 Å². The van der Waals surface area contributed by atoms with Crippen LogP contribution in [-0.4, -0.2) is 13.1 Å². The lowest BCUT2D eigenvalue weighted by Crippen LogP contribution is -2.08. The van der Waals surface area contributed by atoms with E-state index in [2.05, 4.69) is 20.7 Å². The standard InChI is InChI=1S/C10H9BrF2O2/c1-5(11)6-3-8(12)9(13)4-7(6)10(14)15-2/h3-5H,1-2H3. The van der Waals surface area contributed by atoms with Gasteiger partial charge in [0, 0.05) is 4.83 Å². The quantitative estimate of drug-likeness (QED) is 0.613. The number of halogens is 3. The SMILES string of the molecule is COC(=O)c1cc(F)c(F)cc1C(C)Br. The van der Waals surface area contributed by atoms with Gasteiger partial charge in [-0.15, -0.1) is 0 Å². The summed E-state index contributed by atoms with van der Waals surface area (Å²) < 4.78 is 30.3. The summed E-state index contributed by atoms with van der Waals surface area (Å²) in [5, 5.41) is 0. The largest absolute Gasteiger partial charge is 0.465 e. The summed E-state index contributed by atoms with van der Waals surface area (Å²) >= 11 is 3.19. The van der Waals surface area contributed by atoms with Gasteiger partial charge in [0.25, 0.3) is 0 Å². The van der Waals surface area contributed by atoms with E-state index in [0.717, 1.165) is 12.1 Å². The first-order chi connectivity index (χ1) is 6.97. The third-order valence-electron chi connectivity index (χ3n) is 1.93. The van der Waals surface area contributed by atoms with Gasteiger partial charge in [0.05, 0.1) is 12.7 Å². The second-order valence-corrected chi connectivity index (χ2v) is 4.33. The Labute approximate surface area is 94.4 Å². The fourth-order valence-electron chi connectivity index (χ4n) is 1.18. The fraction of sp³-hybridized carbons (Fsp3) is 0.300. The normalized spacial score (nSPS) is 12.3. The lowest BCUT2D eigenvalue weighted by Gasteiger charge is -2.10. The van der Waals surface area contributed by atoms with E-state index in [-0.39, 0.29) is 10.4 Å². The van der Waals surface area contributed by atoms with Crippen LogP contribution in [0.2, 0.25) is 0 Å². The second-order valence-electron chi connectivity index (χ2n) is 2.96. The van der Waals surface area contributed by atoms with Gasteiger partial charge in [-0.25, -0.2) is 13.6 Å². The van der Waals surface area contributed by atoms with Crippen LogP contribution in [-0.2, 0) is 4.74 Å². The first-order valence-electron chi connectivity index (χ1n) is 4.18. The molecule has 5 heteroatoms. The summed E-state index contributed by atoms with van der Waals surface area (Å²) in [4.78, 5) is 11.0. The number of alkyl halides is 1. The lowest BCUT2D eigenvalue weighted by molar-refractivity contribution is 0.0599. The van der Waals surface area contributed by atoms with E-state index in [9.17, 15) is 13.6 Å². The number of carbonyl (C=O) groups excluding carboxylic acids is 1. The number of hydrogen-bond donors (Lipinski definition) is 0. The summed E-state index contributed by atoms with van der Waals surface area (Å²) in [6.07, 6.45) is 0. The van der Waals surface area contributed by atoms with Gasteiger partial charge < -0.3 is 4.74 Å². The Balaban J connectivity index is 3.34. The smallest absolute Gasteiger partial charge is 0.338 e.